The predicted octanol–water partition coefficient (Wildman–Crippen LogP) is 2.90. The Morgan fingerprint density at radius 2 is 1.95 bits per heavy atom. The normalized spacial score (nSPS) is 18.6. The first-order chi connectivity index (χ1) is 9.19. The Morgan fingerprint density at radius 1 is 1.26 bits per heavy atom. The molecule has 19 heavy (non-hydrogen) atoms. The Hall–Kier alpha value is -0.120. The molecular formula is C16H34N2O. The van der Waals surface area contributed by atoms with Gasteiger partial charge in [-0.3, -0.25) is 4.90 Å². The van der Waals surface area contributed by atoms with E-state index < -0.39 is 0 Å². The molecule has 1 saturated carbocycles. The van der Waals surface area contributed by atoms with Gasteiger partial charge in [-0.25, -0.2) is 0 Å². The number of rotatable bonds is 10. The Kier molecular flexibility index (Phi) is 8.67. The highest BCUT2D eigenvalue weighted by Gasteiger charge is 2.26. The molecule has 1 N–H and O–H groups in total. The molecule has 0 aromatic rings. The van der Waals surface area contributed by atoms with Crippen LogP contribution in [0.1, 0.15) is 52.9 Å². The van der Waals surface area contributed by atoms with E-state index in [2.05, 4.69) is 31.0 Å². The summed E-state index contributed by atoms with van der Waals surface area (Å²) in [5, 5.41) is 3.79. The Balaban J connectivity index is 2.51. The maximum absolute atomic E-state index is 5.25. The van der Waals surface area contributed by atoms with Crippen molar-refractivity contribution in [3.63, 3.8) is 0 Å². The summed E-state index contributed by atoms with van der Waals surface area (Å²) >= 11 is 0. The van der Waals surface area contributed by atoms with Crippen molar-refractivity contribution < 1.29 is 4.74 Å². The summed E-state index contributed by atoms with van der Waals surface area (Å²) in [4.78, 5) is 2.56. The first-order valence-electron chi connectivity index (χ1n) is 8.15. The van der Waals surface area contributed by atoms with Gasteiger partial charge in [-0.2, -0.15) is 0 Å². The summed E-state index contributed by atoms with van der Waals surface area (Å²) in [5.74, 6) is 0.885. The first kappa shape index (κ1) is 16.9. The lowest BCUT2D eigenvalue weighted by molar-refractivity contribution is 0.113. The minimum Gasteiger partial charge on any atom is -0.383 e. The van der Waals surface area contributed by atoms with Crippen LogP contribution in [0, 0.1) is 5.92 Å². The van der Waals surface area contributed by atoms with Gasteiger partial charge in [0, 0.05) is 32.3 Å². The quantitative estimate of drug-likeness (QED) is 0.660. The van der Waals surface area contributed by atoms with Gasteiger partial charge in [0.15, 0.2) is 0 Å². The van der Waals surface area contributed by atoms with Gasteiger partial charge < -0.3 is 10.1 Å². The molecule has 1 aliphatic carbocycles. The van der Waals surface area contributed by atoms with Gasteiger partial charge >= 0.3 is 0 Å². The topological polar surface area (TPSA) is 24.5 Å². The fourth-order valence-corrected chi connectivity index (χ4v) is 3.09. The molecule has 1 aliphatic rings. The van der Waals surface area contributed by atoms with E-state index in [1.54, 1.807) is 7.11 Å². The molecule has 1 fully saturated rings. The number of methoxy groups -OCH3 is 1. The number of hydrogen-bond donors (Lipinski definition) is 1. The zero-order valence-corrected chi connectivity index (χ0v) is 13.5. The summed E-state index contributed by atoms with van der Waals surface area (Å²) in [7, 11) is 1.79. The Morgan fingerprint density at radius 3 is 2.47 bits per heavy atom. The van der Waals surface area contributed by atoms with Crippen LogP contribution in [-0.2, 0) is 4.74 Å². The molecule has 1 unspecified atom stereocenters. The van der Waals surface area contributed by atoms with Crippen LogP contribution in [0.4, 0.5) is 0 Å². The standard InChI is InChI=1S/C16H34N2O/c1-5-10-17-16(15-8-6-7-9-15)13-18(14(2)3)11-12-19-4/h14-17H,5-13H2,1-4H3. The van der Waals surface area contributed by atoms with E-state index in [-0.39, 0.29) is 0 Å². The second-order valence-electron chi connectivity index (χ2n) is 6.19. The zero-order chi connectivity index (χ0) is 14.1. The van der Waals surface area contributed by atoms with Crippen LogP contribution in [0.15, 0.2) is 0 Å². The molecular weight excluding hydrogens is 236 g/mol. The lowest BCUT2D eigenvalue weighted by Crippen LogP contribution is -2.48. The van der Waals surface area contributed by atoms with Crippen LogP contribution < -0.4 is 5.32 Å². The van der Waals surface area contributed by atoms with Gasteiger partial charge in [0.05, 0.1) is 6.61 Å². The van der Waals surface area contributed by atoms with Gasteiger partial charge in [0.2, 0.25) is 0 Å². The molecule has 114 valence electrons. The molecule has 1 atom stereocenters. The average molecular weight is 270 g/mol. The van der Waals surface area contributed by atoms with Crippen molar-refractivity contribution in [3.05, 3.63) is 0 Å². The third kappa shape index (κ3) is 6.24. The minimum atomic E-state index is 0.600. The van der Waals surface area contributed by atoms with E-state index in [0.29, 0.717) is 12.1 Å². The minimum absolute atomic E-state index is 0.600. The van der Waals surface area contributed by atoms with E-state index in [1.165, 1.54) is 38.6 Å². The molecule has 3 heteroatoms. The van der Waals surface area contributed by atoms with Crippen molar-refractivity contribution in [1.82, 2.24) is 10.2 Å². The predicted molar refractivity (Wildman–Crippen MR) is 82.6 cm³/mol. The molecule has 0 amide bonds. The lowest BCUT2D eigenvalue weighted by atomic mass is 9.97. The van der Waals surface area contributed by atoms with Gasteiger partial charge in [-0.1, -0.05) is 19.8 Å². The fourth-order valence-electron chi connectivity index (χ4n) is 3.09. The lowest BCUT2D eigenvalue weighted by Gasteiger charge is -2.34. The van der Waals surface area contributed by atoms with E-state index in [4.69, 9.17) is 4.74 Å². The highest BCUT2D eigenvalue weighted by Crippen LogP contribution is 2.28. The van der Waals surface area contributed by atoms with Crippen LogP contribution in [0.5, 0.6) is 0 Å². The summed E-state index contributed by atoms with van der Waals surface area (Å²) in [6, 6.07) is 1.27. The van der Waals surface area contributed by atoms with Gasteiger partial charge in [0.1, 0.15) is 0 Å². The second kappa shape index (κ2) is 9.73. The SMILES string of the molecule is CCCNC(CN(CCOC)C(C)C)C1CCCC1. The van der Waals surface area contributed by atoms with Crippen molar-refractivity contribution in [1.29, 1.82) is 0 Å². The maximum atomic E-state index is 5.25. The molecule has 0 saturated heterocycles. The van der Waals surface area contributed by atoms with Gasteiger partial charge in [-0.15, -0.1) is 0 Å². The first-order valence-corrected chi connectivity index (χ1v) is 8.15. The third-order valence-corrected chi connectivity index (χ3v) is 4.37. The average Bonchev–Trinajstić information content (AvgIpc) is 2.91. The summed E-state index contributed by atoms with van der Waals surface area (Å²) in [5.41, 5.74) is 0. The van der Waals surface area contributed by atoms with E-state index in [1.807, 2.05) is 0 Å². The molecule has 0 spiro atoms. The van der Waals surface area contributed by atoms with Gasteiger partial charge in [0.25, 0.3) is 0 Å². The van der Waals surface area contributed by atoms with E-state index in [0.717, 1.165) is 25.6 Å². The second-order valence-corrected chi connectivity index (χ2v) is 6.19. The molecule has 0 aromatic heterocycles. The van der Waals surface area contributed by atoms with Crippen molar-refractivity contribution >= 4 is 0 Å². The monoisotopic (exact) mass is 270 g/mol. The van der Waals surface area contributed by atoms with Crippen molar-refractivity contribution in [2.24, 2.45) is 5.92 Å². The van der Waals surface area contributed by atoms with Crippen LogP contribution >= 0.6 is 0 Å². The molecule has 1 rings (SSSR count). The summed E-state index contributed by atoms with van der Waals surface area (Å²) < 4.78 is 5.25. The molecule has 0 aliphatic heterocycles. The summed E-state index contributed by atoms with van der Waals surface area (Å²) in [6.45, 7) is 11.0. The van der Waals surface area contributed by atoms with Crippen molar-refractivity contribution in [3.8, 4) is 0 Å². The van der Waals surface area contributed by atoms with Crippen LogP contribution in [0.25, 0.3) is 0 Å². The summed E-state index contributed by atoms with van der Waals surface area (Å²) in [6.07, 6.45) is 6.90. The largest absolute Gasteiger partial charge is 0.383 e. The Bertz CT molecular complexity index is 215. The smallest absolute Gasteiger partial charge is 0.0589 e. The molecule has 0 bridgehead atoms. The van der Waals surface area contributed by atoms with Crippen molar-refractivity contribution in [2.75, 3.05) is 33.4 Å². The van der Waals surface area contributed by atoms with Crippen molar-refractivity contribution in [2.45, 2.75) is 65.0 Å². The number of hydrogen-bond acceptors (Lipinski definition) is 3. The number of nitrogens with one attached hydrogen (secondary N) is 1. The number of nitrogens with zero attached hydrogens (tertiary/aromatic N) is 1. The molecule has 0 aromatic carbocycles. The van der Waals surface area contributed by atoms with Crippen LogP contribution in [-0.4, -0.2) is 50.3 Å². The highest BCUT2D eigenvalue weighted by molar-refractivity contribution is 4.84. The van der Waals surface area contributed by atoms with E-state index in [9.17, 15) is 0 Å². The number of ether oxygens (including phenoxy) is 1. The fraction of sp³-hybridized carbons (Fsp3) is 1.00. The van der Waals surface area contributed by atoms with Crippen LogP contribution in [0.2, 0.25) is 0 Å². The molecule has 0 heterocycles. The zero-order valence-electron chi connectivity index (χ0n) is 13.5. The third-order valence-electron chi connectivity index (χ3n) is 4.37. The van der Waals surface area contributed by atoms with E-state index >= 15 is 0 Å². The highest BCUT2D eigenvalue weighted by atomic mass is 16.5. The maximum Gasteiger partial charge on any atom is 0.0589 e. The molecule has 3 nitrogen and oxygen atoms in total. The molecule has 0 radical (unpaired) electrons. The van der Waals surface area contributed by atoms with Crippen LogP contribution in [0.3, 0.4) is 0 Å². The Labute approximate surface area is 120 Å². The van der Waals surface area contributed by atoms with Gasteiger partial charge in [-0.05, 0) is 45.6 Å².